The first-order valence-corrected chi connectivity index (χ1v) is 7.72. The molecule has 0 aromatic heterocycles. The lowest BCUT2D eigenvalue weighted by molar-refractivity contribution is -0.118. The number of nitrogens with one attached hydrogen (secondary N) is 2. The Morgan fingerprint density at radius 2 is 2.00 bits per heavy atom. The number of hydrogen-bond acceptors (Lipinski definition) is 5. The molecule has 1 aromatic carbocycles. The number of nitrogens with two attached hydrogens (primary N) is 1. The lowest BCUT2D eigenvalue weighted by atomic mass is 9.83. The van der Waals surface area contributed by atoms with Crippen molar-refractivity contribution in [1.29, 1.82) is 5.26 Å². The molecule has 4 N–H and O–H groups in total. The SMILES string of the molecule is CC1(C)NC(=O)C2=C(NC(N)=C(C#N)C2c2ccccc2)S1. The van der Waals surface area contributed by atoms with Crippen LogP contribution in [0.15, 0.2) is 52.3 Å². The van der Waals surface area contributed by atoms with Gasteiger partial charge in [-0.2, -0.15) is 5.26 Å². The minimum Gasteiger partial charge on any atom is -0.384 e. The van der Waals surface area contributed by atoms with Gasteiger partial charge in [0.25, 0.3) is 5.91 Å². The predicted molar refractivity (Wildman–Crippen MR) is 86.0 cm³/mol. The fraction of sp³-hybridized carbons (Fsp3) is 0.250. The number of allylic oxidation sites excluding steroid dienone is 1. The average molecular weight is 312 g/mol. The quantitative estimate of drug-likeness (QED) is 0.736. The number of benzene rings is 1. The fourth-order valence-electron chi connectivity index (χ4n) is 2.73. The number of thioether (sulfide) groups is 1. The van der Waals surface area contributed by atoms with Crippen molar-refractivity contribution in [3.05, 3.63) is 57.9 Å². The summed E-state index contributed by atoms with van der Waals surface area (Å²) in [6.07, 6.45) is 0. The van der Waals surface area contributed by atoms with Gasteiger partial charge in [0.15, 0.2) is 0 Å². The Morgan fingerprint density at radius 1 is 1.32 bits per heavy atom. The molecular formula is C16H16N4OS. The molecule has 0 saturated heterocycles. The van der Waals surface area contributed by atoms with Gasteiger partial charge in [-0.15, -0.1) is 0 Å². The van der Waals surface area contributed by atoms with E-state index in [0.29, 0.717) is 17.0 Å². The van der Waals surface area contributed by atoms with Crippen LogP contribution in [0.5, 0.6) is 0 Å². The summed E-state index contributed by atoms with van der Waals surface area (Å²) in [6, 6.07) is 11.6. The van der Waals surface area contributed by atoms with E-state index in [-0.39, 0.29) is 5.91 Å². The molecule has 5 nitrogen and oxygen atoms in total. The molecular weight excluding hydrogens is 296 g/mol. The van der Waals surface area contributed by atoms with Gasteiger partial charge in [0.1, 0.15) is 5.82 Å². The van der Waals surface area contributed by atoms with E-state index in [0.717, 1.165) is 10.6 Å². The molecule has 22 heavy (non-hydrogen) atoms. The van der Waals surface area contributed by atoms with Gasteiger partial charge in [-0.25, -0.2) is 0 Å². The van der Waals surface area contributed by atoms with Gasteiger partial charge < -0.3 is 16.4 Å². The first-order valence-electron chi connectivity index (χ1n) is 6.90. The molecule has 0 spiro atoms. The van der Waals surface area contributed by atoms with Crippen molar-refractivity contribution in [2.75, 3.05) is 0 Å². The number of dihydropyridines is 1. The Kier molecular flexibility index (Phi) is 3.38. The van der Waals surface area contributed by atoms with Crippen molar-refractivity contribution in [3.63, 3.8) is 0 Å². The van der Waals surface area contributed by atoms with E-state index < -0.39 is 10.8 Å². The molecule has 1 aromatic rings. The summed E-state index contributed by atoms with van der Waals surface area (Å²) in [5.74, 6) is -0.292. The van der Waals surface area contributed by atoms with Gasteiger partial charge >= 0.3 is 0 Å². The monoisotopic (exact) mass is 312 g/mol. The molecule has 1 amide bonds. The Labute approximate surface area is 133 Å². The van der Waals surface area contributed by atoms with Crippen LogP contribution >= 0.6 is 11.8 Å². The van der Waals surface area contributed by atoms with Crippen LogP contribution in [-0.2, 0) is 4.79 Å². The summed E-state index contributed by atoms with van der Waals surface area (Å²) in [5.41, 5.74) is 7.84. The van der Waals surface area contributed by atoms with Gasteiger partial charge in [-0.3, -0.25) is 4.79 Å². The molecule has 6 heteroatoms. The van der Waals surface area contributed by atoms with E-state index in [1.807, 2.05) is 44.2 Å². The highest BCUT2D eigenvalue weighted by Crippen LogP contribution is 2.45. The lowest BCUT2D eigenvalue weighted by Crippen LogP contribution is -2.49. The first kappa shape index (κ1) is 14.5. The van der Waals surface area contributed by atoms with Crippen molar-refractivity contribution in [2.24, 2.45) is 5.73 Å². The number of carbonyl (C=O) groups is 1. The zero-order chi connectivity index (χ0) is 15.9. The first-order chi connectivity index (χ1) is 10.4. The summed E-state index contributed by atoms with van der Waals surface area (Å²) in [4.78, 5) is 12.2. The highest BCUT2D eigenvalue weighted by Gasteiger charge is 2.41. The third-order valence-corrected chi connectivity index (χ3v) is 4.77. The second-order valence-corrected chi connectivity index (χ2v) is 7.35. The average Bonchev–Trinajstić information content (AvgIpc) is 2.45. The Hall–Kier alpha value is -2.39. The minimum atomic E-state index is -0.439. The van der Waals surface area contributed by atoms with Gasteiger partial charge in [-0.1, -0.05) is 42.1 Å². The molecule has 0 aliphatic carbocycles. The van der Waals surface area contributed by atoms with Crippen LogP contribution in [0.1, 0.15) is 25.3 Å². The number of nitriles is 1. The molecule has 112 valence electrons. The maximum atomic E-state index is 12.6. The maximum absolute atomic E-state index is 12.6. The summed E-state index contributed by atoms with van der Waals surface area (Å²) >= 11 is 1.50. The molecule has 0 saturated carbocycles. The van der Waals surface area contributed by atoms with Crippen LogP contribution < -0.4 is 16.4 Å². The summed E-state index contributed by atoms with van der Waals surface area (Å²) in [6.45, 7) is 3.86. The molecule has 1 unspecified atom stereocenters. The Bertz CT molecular complexity index is 743. The van der Waals surface area contributed by atoms with E-state index in [1.54, 1.807) is 0 Å². The van der Waals surface area contributed by atoms with Crippen LogP contribution in [0, 0.1) is 11.3 Å². The standard InChI is InChI=1S/C16H16N4OS/c1-16(2)20-14(21)12-11(9-6-4-3-5-7-9)10(8-17)13(18)19-15(12)22-16/h3-7,11,19H,18H2,1-2H3,(H,20,21). The zero-order valence-electron chi connectivity index (χ0n) is 12.3. The number of hydrogen-bond donors (Lipinski definition) is 3. The molecule has 0 fully saturated rings. The number of rotatable bonds is 1. The van der Waals surface area contributed by atoms with E-state index in [9.17, 15) is 10.1 Å². The topological polar surface area (TPSA) is 90.9 Å². The highest BCUT2D eigenvalue weighted by molar-refractivity contribution is 8.04. The normalized spacial score (nSPS) is 23.3. The van der Waals surface area contributed by atoms with Crippen LogP contribution in [0.4, 0.5) is 0 Å². The largest absolute Gasteiger partial charge is 0.384 e. The Morgan fingerprint density at radius 3 is 2.64 bits per heavy atom. The van der Waals surface area contributed by atoms with E-state index in [2.05, 4.69) is 16.7 Å². The number of carbonyl (C=O) groups excluding carboxylic acids is 1. The van der Waals surface area contributed by atoms with Crippen LogP contribution in [0.3, 0.4) is 0 Å². The number of nitrogens with zero attached hydrogens (tertiary/aromatic N) is 1. The summed E-state index contributed by atoms with van der Waals surface area (Å²) < 4.78 is 0. The van der Waals surface area contributed by atoms with Crippen molar-refractivity contribution < 1.29 is 4.79 Å². The zero-order valence-corrected chi connectivity index (χ0v) is 13.1. The third-order valence-electron chi connectivity index (χ3n) is 3.63. The van der Waals surface area contributed by atoms with Gasteiger partial charge in [0, 0.05) is 0 Å². The second kappa shape index (κ2) is 5.11. The van der Waals surface area contributed by atoms with Crippen molar-refractivity contribution >= 4 is 17.7 Å². The maximum Gasteiger partial charge on any atom is 0.251 e. The summed E-state index contributed by atoms with van der Waals surface area (Å²) in [7, 11) is 0. The molecule has 0 radical (unpaired) electrons. The van der Waals surface area contributed by atoms with E-state index in [1.165, 1.54) is 11.8 Å². The number of amides is 1. The summed E-state index contributed by atoms with van der Waals surface area (Å²) in [5, 5.41) is 16.2. The molecule has 1 atom stereocenters. The Balaban J connectivity index is 2.18. The van der Waals surface area contributed by atoms with Gasteiger partial charge in [0.05, 0.1) is 33.0 Å². The third kappa shape index (κ3) is 2.34. The molecule has 2 heterocycles. The molecule has 2 aliphatic rings. The van der Waals surface area contributed by atoms with E-state index >= 15 is 0 Å². The molecule has 2 aliphatic heterocycles. The van der Waals surface area contributed by atoms with E-state index in [4.69, 9.17) is 5.73 Å². The lowest BCUT2D eigenvalue weighted by Gasteiger charge is -2.38. The minimum absolute atomic E-state index is 0.166. The fourth-order valence-corrected chi connectivity index (χ4v) is 3.86. The molecule has 0 bridgehead atoms. The van der Waals surface area contributed by atoms with Gasteiger partial charge in [0.2, 0.25) is 0 Å². The smallest absolute Gasteiger partial charge is 0.251 e. The van der Waals surface area contributed by atoms with Crippen molar-refractivity contribution in [2.45, 2.75) is 24.6 Å². The van der Waals surface area contributed by atoms with Crippen molar-refractivity contribution in [3.8, 4) is 6.07 Å². The van der Waals surface area contributed by atoms with Crippen LogP contribution in [-0.4, -0.2) is 10.8 Å². The second-order valence-electron chi connectivity index (χ2n) is 5.72. The predicted octanol–water partition coefficient (Wildman–Crippen LogP) is 1.88. The van der Waals surface area contributed by atoms with Crippen LogP contribution in [0.2, 0.25) is 0 Å². The molecule has 3 rings (SSSR count). The van der Waals surface area contributed by atoms with Crippen molar-refractivity contribution in [1.82, 2.24) is 10.6 Å². The highest BCUT2D eigenvalue weighted by atomic mass is 32.2. The van der Waals surface area contributed by atoms with Crippen LogP contribution in [0.25, 0.3) is 0 Å². The van der Waals surface area contributed by atoms with Gasteiger partial charge in [-0.05, 0) is 19.4 Å².